The van der Waals surface area contributed by atoms with E-state index in [2.05, 4.69) is 16.4 Å². The van der Waals surface area contributed by atoms with E-state index in [1.807, 2.05) is 35.2 Å². The van der Waals surface area contributed by atoms with Crippen LogP contribution in [0.4, 0.5) is 10.2 Å². The van der Waals surface area contributed by atoms with Gasteiger partial charge in [0, 0.05) is 54.6 Å². The first kappa shape index (κ1) is 31.7. The van der Waals surface area contributed by atoms with Gasteiger partial charge in [0.2, 0.25) is 0 Å². The fourth-order valence-electron chi connectivity index (χ4n) is 5.50. The number of piperidine rings is 1. The Kier molecular flexibility index (Phi) is 9.88. The van der Waals surface area contributed by atoms with Crippen LogP contribution in [0.1, 0.15) is 35.1 Å². The van der Waals surface area contributed by atoms with Crippen LogP contribution in [0.25, 0.3) is 28.3 Å². The summed E-state index contributed by atoms with van der Waals surface area (Å²) in [5, 5.41) is 42.4. The molecule has 46 heavy (non-hydrogen) atoms. The first-order chi connectivity index (χ1) is 22.3. The van der Waals surface area contributed by atoms with E-state index in [0.717, 1.165) is 30.0 Å². The van der Waals surface area contributed by atoms with Crippen LogP contribution >= 0.6 is 0 Å². The Bertz CT molecular complexity index is 1860. The number of halogens is 1. The molecule has 0 radical (unpaired) electrons. The molecular formula is C35H31FN6O4. The smallest absolute Gasteiger partial charge is 0.267 e. The molecule has 3 aromatic carbocycles. The molecule has 0 bridgehead atoms. The minimum absolute atomic E-state index is 0.108. The molecule has 1 fully saturated rings. The van der Waals surface area contributed by atoms with Crippen LogP contribution in [0.2, 0.25) is 0 Å². The van der Waals surface area contributed by atoms with Gasteiger partial charge in [-0.15, -0.1) is 0 Å². The van der Waals surface area contributed by atoms with Crippen LogP contribution in [-0.4, -0.2) is 47.4 Å². The van der Waals surface area contributed by atoms with Gasteiger partial charge >= 0.3 is 0 Å². The lowest BCUT2D eigenvalue weighted by Crippen LogP contribution is -2.42. The van der Waals surface area contributed by atoms with Crippen molar-refractivity contribution in [2.45, 2.75) is 25.4 Å². The summed E-state index contributed by atoms with van der Waals surface area (Å²) in [5.74, 6) is -0.632. The molecular weight excluding hydrogens is 587 g/mol. The number of pyridine rings is 1. The molecule has 2 heterocycles. The number of carbonyl (C=O) groups excluding carboxylic acids is 1. The number of phenolic OH excluding ortho intramolecular Hbond substituents is 1. The molecule has 232 valence electrons. The van der Waals surface area contributed by atoms with E-state index < -0.39 is 11.7 Å². The zero-order valence-corrected chi connectivity index (χ0v) is 25.0. The Labute approximate surface area is 265 Å². The fourth-order valence-corrected chi connectivity index (χ4v) is 5.50. The van der Waals surface area contributed by atoms with Crippen molar-refractivity contribution >= 4 is 17.8 Å². The first-order valence-corrected chi connectivity index (χ1v) is 14.5. The number of nitriles is 2. The number of hydroxylamine groups is 1. The van der Waals surface area contributed by atoms with Crippen LogP contribution < -0.4 is 20.4 Å². The van der Waals surface area contributed by atoms with E-state index in [1.165, 1.54) is 31.4 Å². The number of hydrogen-bond acceptors (Lipinski definition) is 9. The zero-order valence-electron chi connectivity index (χ0n) is 25.0. The highest BCUT2D eigenvalue weighted by atomic mass is 19.1. The number of aromatic hydroxyl groups is 1. The summed E-state index contributed by atoms with van der Waals surface area (Å²) >= 11 is 0. The van der Waals surface area contributed by atoms with Gasteiger partial charge in [0.05, 0.1) is 18.7 Å². The maximum absolute atomic E-state index is 15.5. The van der Waals surface area contributed by atoms with Gasteiger partial charge in [-0.3, -0.25) is 10.0 Å². The highest BCUT2D eigenvalue weighted by molar-refractivity contribution is 5.91. The van der Waals surface area contributed by atoms with Gasteiger partial charge in [0.25, 0.3) is 5.91 Å². The Morgan fingerprint density at radius 3 is 2.48 bits per heavy atom. The number of carbonyl (C=O) groups is 1. The number of methoxy groups -OCH3 is 1. The standard InChI is InChI=1S/C35H31FN6O4/c1-46-32-10-8-25(17-31(32)43)29-21-40-35(28(19-38)34(29)27-9-6-24(18-37)16-30(27)36)42-14-12-26(13-15-42)39-20-23-4-2-22(3-5-23)7-11-33(44)41-45/h2-11,16-17,21,26,39,43,45H,12-15,20H2,1H3,(H,41,44)/b11-7+. The van der Waals surface area contributed by atoms with Gasteiger partial charge in [-0.2, -0.15) is 10.5 Å². The second-order valence-corrected chi connectivity index (χ2v) is 10.7. The molecule has 1 aliphatic rings. The molecule has 5 rings (SSSR count). The quantitative estimate of drug-likeness (QED) is 0.111. The first-order valence-electron chi connectivity index (χ1n) is 14.5. The molecule has 4 aromatic rings. The molecule has 1 saturated heterocycles. The van der Waals surface area contributed by atoms with Crippen molar-refractivity contribution in [2.24, 2.45) is 0 Å². The summed E-state index contributed by atoms with van der Waals surface area (Å²) < 4.78 is 20.7. The predicted octanol–water partition coefficient (Wildman–Crippen LogP) is 5.29. The Morgan fingerprint density at radius 1 is 1.09 bits per heavy atom. The molecule has 0 spiro atoms. The molecule has 1 amide bonds. The second-order valence-electron chi connectivity index (χ2n) is 10.7. The highest BCUT2D eigenvalue weighted by Gasteiger charge is 2.27. The predicted molar refractivity (Wildman–Crippen MR) is 170 cm³/mol. The van der Waals surface area contributed by atoms with Crippen molar-refractivity contribution in [1.29, 1.82) is 10.5 Å². The lowest BCUT2D eigenvalue weighted by atomic mass is 9.91. The van der Waals surface area contributed by atoms with Crippen molar-refractivity contribution < 1.29 is 24.2 Å². The Hall–Kier alpha value is -5.75. The third-order valence-electron chi connectivity index (χ3n) is 7.93. The average Bonchev–Trinajstić information content (AvgIpc) is 3.09. The summed E-state index contributed by atoms with van der Waals surface area (Å²) in [6, 6.07) is 21.1. The van der Waals surface area contributed by atoms with Crippen molar-refractivity contribution in [3.05, 3.63) is 101 Å². The van der Waals surface area contributed by atoms with Crippen LogP contribution in [-0.2, 0) is 11.3 Å². The van der Waals surface area contributed by atoms with Gasteiger partial charge in [0.1, 0.15) is 23.3 Å². The molecule has 0 atom stereocenters. The maximum atomic E-state index is 15.5. The summed E-state index contributed by atoms with van der Waals surface area (Å²) in [5.41, 5.74) is 5.29. The molecule has 0 aliphatic carbocycles. The summed E-state index contributed by atoms with van der Waals surface area (Å²) in [7, 11) is 1.44. The summed E-state index contributed by atoms with van der Waals surface area (Å²) in [4.78, 5) is 17.9. The third kappa shape index (κ3) is 6.97. The number of hydrogen-bond donors (Lipinski definition) is 4. The summed E-state index contributed by atoms with van der Waals surface area (Å²) in [6.07, 6.45) is 6.02. The van der Waals surface area contributed by atoms with E-state index in [-0.39, 0.29) is 34.2 Å². The van der Waals surface area contributed by atoms with Crippen molar-refractivity contribution in [3.8, 4) is 45.9 Å². The lowest BCUT2D eigenvalue weighted by molar-refractivity contribution is -0.124. The number of aromatic nitrogens is 1. The van der Waals surface area contributed by atoms with E-state index in [4.69, 9.17) is 9.94 Å². The van der Waals surface area contributed by atoms with Crippen LogP contribution in [0, 0.1) is 28.5 Å². The minimum Gasteiger partial charge on any atom is -0.504 e. The topological polar surface area (TPSA) is 155 Å². The molecule has 0 saturated carbocycles. The third-order valence-corrected chi connectivity index (χ3v) is 7.93. The van der Waals surface area contributed by atoms with E-state index in [9.17, 15) is 20.4 Å². The SMILES string of the molecule is COc1ccc(-c2cnc(N3CCC(NCc4ccc(/C=C/C(=O)NO)cc4)CC3)c(C#N)c2-c2ccc(C#N)cc2F)cc1O. The van der Waals surface area contributed by atoms with E-state index in [1.54, 1.807) is 29.9 Å². The maximum Gasteiger partial charge on any atom is 0.267 e. The molecule has 1 aliphatic heterocycles. The van der Waals surface area contributed by atoms with Crippen LogP contribution in [0.5, 0.6) is 11.5 Å². The second kappa shape index (κ2) is 14.4. The van der Waals surface area contributed by atoms with Crippen LogP contribution in [0.3, 0.4) is 0 Å². The zero-order chi connectivity index (χ0) is 32.6. The summed E-state index contributed by atoms with van der Waals surface area (Å²) in [6.45, 7) is 1.89. The number of rotatable bonds is 9. The number of phenols is 1. The van der Waals surface area contributed by atoms with Crippen molar-refractivity contribution in [1.82, 2.24) is 15.8 Å². The van der Waals surface area contributed by atoms with Gasteiger partial charge in [-0.25, -0.2) is 14.9 Å². The van der Waals surface area contributed by atoms with Crippen molar-refractivity contribution in [2.75, 3.05) is 25.1 Å². The molecule has 1 aromatic heterocycles. The largest absolute Gasteiger partial charge is 0.504 e. The normalized spacial score (nSPS) is 13.3. The molecule has 4 N–H and O–H groups in total. The molecule has 10 nitrogen and oxygen atoms in total. The van der Waals surface area contributed by atoms with Gasteiger partial charge in [0.15, 0.2) is 11.5 Å². The number of ether oxygens (including phenoxy) is 1. The minimum atomic E-state index is -0.644. The number of anilines is 1. The highest BCUT2D eigenvalue weighted by Crippen LogP contribution is 2.42. The fraction of sp³-hybridized carbons (Fsp3) is 0.200. The molecule has 0 unspecified atom stereocenters. The average molecular weight is 619 g/mol. The number of benzene rings is 3. The lowest BCUT2D eigenvalue weighted by Gasteiger charge is -2.34. The van der Waals surface area contributed by atoms with Gasteiger partial charge < -0.3 is 20.1 Å². The molecule has 11 heteroatoms. The Morgan fingerprint density at radius 2 is 1.85 bits per heavy atom. The monoisotopic (exact) mass is 618 g/mol. The van der Waals surface area contributed by atoms with E-state index in [0.29, 0.717) is 42.1 Å². The van der Waals surface area contributed by atoms with E-state index >= 15 is 4.39 Å². The Balaban J connectivity index is 1.37. The number of nitrogens with one attached hydrogen (secondary N) is 2. The van der Waals surface area contributed by atoms with Crippen LogP contribution in [0.15, 0.2) is 72.9 Å². The number of amides is 1. The van der Waals surface area contributed by atoms with Gasteiger partial charge in [-0.1, -0.05) is 36.4 Å². The van der Waals surface area contributed by atoms with Crippen molar-refractivity contribution in [3.63, 3.8) is 0 Å². The number of nitrogens with zero attached hydrogens (tertiary/aromatic N) is 4. The van der Waals surface area contributed by atoms with Gasteiger partial charge in [-0.05, 0) is 59.9 Å².